The topological polar surface area (TPSA) is 91.5 Å². The molecule has 0 saturated heterocycles. The minimum Gasteiger partial charge on any atom is -0.507 e. The number of carboxylic acid groups (broad SMARTS) is 1. The van der Waals surface area contributed by atoms with Gasteiger partial charge < -0.3 is 19.7 Å². The third-order valence-electron chi connectivity index (χ3n) is 6.66. The summed E-state index contributed by atoms with van der Waals surface area (Å²) < 4.78 is 1.92. The Balaban J connectivity index is 1.52. The zero-order valence-corrected chi connectivity index (χ0v) is 21.1. The Morgan fingerprint density at radius 3 is 2.05 bits per heavy atom. The van der Waals surface area contributed by atoms with Crippen molar-refractivity contribution in [1.29, 1.82) is 0 Å². The maximum absolute atomic E-state index is 11.5. The Kier molecular flexibility index (Phi) is 6.01. The molecule has 190 valence electrons. The number of carbonyl (C=O) groups is 1. The number of benzene rings is 4. The number of rotatable bonds is 6. The largest absolute Gasteiger partial charge is 0.507 e. The Hall–Kier alpha value is -5.43. The molecule has 6 aromatic rings. The maximum Gasteiger partial charge on any atom is 0.354 e. The SMILES string of the molecule is Cn1c(-c2cc(N(c3ccccc3)c3ccccc3)ccc2O)nc2c(-c3cccc(C(=O)O)n3)cccc21. The highest BCUT2D eigenvalue weighted by Crippen LogP contribution is 2.40. The van der Waals surface area contributed by atoms with Crippen molar-refractivity contribution in [3.8, 4) is 28.4 Å². The van der Waals surface area contributed by atoms with Crippen molar-refractivity contribution in [2.75, 3.05) is 4.90 Å². The highest BCUT2D eigenvalue weighted by molar-refractivity contribution is 5.95. The van der Waals surface area contributed by atoms with Crippen LogP contribution < -0.4 is 4.90 Å². The van der Waals surface area contributed by atoms with Gasteiger partial charge in [-0.3, -0.25) is 0 Å². The van der Waals surface area contributed by atoms with Gasteiger partial charge in [-0.1, -0.05) is 54.6 Å². The van der Waals surface area contributed by atoms with Gasteiger partial charge in [-0.2, -0.15) is 0 Å². The summed E-state index contributed by atoms with van der Waals surface area (Å²) in [6.07, 6.45) is 0. The van der Waals surface area contributed by atoms with Crippen LogP contribution in [0.15, 0.2) is 115 Å². The second kappa shape index (κ2) is 9.79. The molecule has 7 heteroatoms. The predicted molar refractivity (Wildman–Crippen MR) is 153 cm³/mol. The molecule has 0 bridgehead atoms. The summed E-state index contributed by atoms with van der Waals surface area (Å²) in [4.78, 5) is 22.9. The van der Waals surface area contributed by atoms with E-state index in [0.29, 0.717) is 28.2 Å². The Bertz CT molecular complexity index is 1780. The number of hydrogen-bond donors (Lipinski definition) is 2. The predicted octanol–water partition coefficient (Wildman–Crippen LogP) is 7.18. The lowest BCUT2D eigenvalue weighted by Crippen LogP contribution is -2.10. The summed E-state index contributed by atoms with van der Waals surface area (Å²) in [6.45, 7) is 0. The van der Waals surface area contributed by atoms with Crippen molar-refractivity contribution in [2.24, 2.45) is 7.05 Å². The number of carboxylic acids is 1. The lowest BCUT2D eigenvalue weighted by Gasteiger charge is -2.26. The van der Waals surface area contributed by atoms with Gasteiger partial charge in [0.2, 0.25) is 0 Å². The highest BCUT2D eigenvalue weighted by atomic mass is 16.4. The second-order valence-corrected chi connectivity index (χ2v) is 9.09. The lowest BCUT2D eigenvalue weighted by molar-refractivity contribution is 0.0690. The van der Waals surface area contributed by atoms with Crippen molar-refractivity contribution >= 4 is 34.1 Å². The fourth-order valence-electron chi connectivity index (χ4n) is 4.81. The van der Waals surface area contributed by atoms with Gasteiger partial charge in [-0.05, 0) is 60.7 Å². The molecule has 2 heterocycles. The van der Waals surface area contributed by atoms with Crippen molar-refractivity contribution < 1.29 is 15.0 Å². The average molecular weight is 513 g/mol. The first kappa shape index (κ1) is 23.9. The number of hydrogen-bond acceptors (Lipinski definition) is 5. The molecule has 0 aliphatic heterocycles. The fraction of sp³-hybridized carbons (Fsp3) is 0.0312. The normalized spacial score (nSPS) is 11.0. The van der Waals surface area contributed by atoms with Crippen molar-refractivity contribution in [3.05, 3.63) is 121 Å². The monoisotopic (exact) mass is 512 g/mol. The molecule has 0 radical (unpaired) electrons. The molecule has 0 amide bonds. The molecule has 0 unspecified atom stereocenters. The molecule has 4 aromatic carbocycles. The zero-order valence-electron chi connectivity index (χ0n) is 21.1. The summed E-state index contributed by atoms with van der Waals surface area (Å²) in [7, 11) is 1.90. The lowest BCUT2D eigenvalue weighted by atomic mass is 10.1. The van der Waals surface area contributed by atoms with Crippen LogP contribution in [0.25, 0.3) is 33.7 Å². The van der Waals surface area contributed by atoms with E-state index in [1.807, 2.05) is 103 Å². The molecule has 0 fully saturated rings. The molecular formula is C32H24N4O3. The van der Waals surface area contributed by atoms with E-state index in [0.717, 1.165) is 22.6 Å². The number of para-hydroxylation sites is 3. The molecule has 0 spiro atoms. The van der Waals surface area contributed by atoms with Crippen LogP contribution in [0.5, 0.6) is 5.75 Å². The van der Waals surface area contributed by atoms with Gasteiger partial charge in [-0.15, -0.1) is 0 Å². The number of aromatic hydroxyl groups is 1. The van der Waals surface area contributed by atoms with E-state index in [1.54, 1.807) is 18.2 Å². The molecule has 0 atom stereocenters. The van der Waals surface area contributed by atoms with Crippen LogP contribution in [-0.4, -0.2) is 30.7 Å². The Labute approximate surface area is 224 Å². The van der Waals surface area contributed by atoms with Gasteiger partial charge in [0.25, 0.3) is 0 Å². The minimum absolute atomic E-state index is 0.0343. The fourth-order valence-corrected chi connectivity index (χ4v) is 4.81. The van der Waals surface area contributed by atoms with E-state index < -0.39 is 5.97 Å². The van der Waals surface area contributed by atoms with Gasteiger partial charge >= 0.3 is 5.97 Å². The first-order chi connectivity index (χ1) is 19.0. The highest BCUT2D eigenvalue weighted by Gasteiger charge is 2.20. The van der Waals surface area contributed by atoms with E-state index >= 15 is 0 Å². The maximum atomic E-state index is 11.5. The van der Waals surface area contributed by atoms with Crippen molar-refractivity contribution in [1.82, 2.24) is 14.5 Å². The van der Waals surface area contributed by atoms with Gasteiger partial charge in [-0.25, -0.2) is 14.8 Å². The number of aromatic carboxylic acids is 1. The van der Waals surface area contributed by atoms with Gasteiger partial charge in [0.1, 0.15) is 17.3 Å². The zero-order chi connectivity index (χ0) is 26.9. The number of phenols is 1. The molecule has 2 aromatic heterocycles. The van der Waals surface area contributed by atoms with E-state index in [1.165, 1.54) is 6.07 Å². The molecule has 2 N–H and O–H groups in total. The van der Waals surface area contributed by atoms with E-state index in [2.05, 4.69) is 9.88 Å². The molecule has 0 saturated carbocycles. The van der Waals surface area contributed by atoms with Crippen molar-refractivity contribution in [2.45, 2.75) is 0 Å². The first-order valence-corrected chi connectivity index (χ1v) is 12.4. The van der Waals surface area contributed by atoms with Crippen LogP contribution in [0, 0.1) is 0 Å². The van der Waals surface area contributed by atoms with Gasteiger partial charge in [0, 0.05) is 29.7 Å². The third-order valence-corrected chi connectivity index (χ3v) is 6.66. The summed E-state index contributed by atoms with van der Waals surface area (Å²) >= 11 is 0. The Morgan fingerprint density at radius 2 is 1.38 bits per heavy atom. The standard InChI is InChI=1S/C32H24N4O3/c1-35-28-17-8-14-24(26-15-9-16-27(33-26)32(38)39)30(28)34-31(35)25-20-23(18-19-29(25)37)36(21-10-4-2-5-11-21)22-12-6-3-7-13-22/h2-20,37H,1H3,(H,38,39). The number of aryl methyl sites for hydroxylation is 1. The quantitative estimate of drug-likeness (QED) is 0.246. The molecular weight excluding hydrogens is 488 g/mol. The Morgan fingerprint density at radius 1 is 0.718 bits per heavy atom. The number of aromatic nitrogens is 3. The first-order valence-electron chi connectivity index (χ1n) is 12.4. The molecule has 6 rings (SSSR count). The van der Waals surface area contributed by atoms with Crippen LogP contribution in [0.1, 0.15) is 10.5 Å². The van der Waals surface area contributed by atoms with Crippen LogP contribution in [0.2, 0.25) is 0 Å². The summed E-state index contributed by atoms with van der Waals surface area (Å²) in [5, 5.41) is 20.4. The number of imidazole rings is 1. The van der Waals surface area contributed by atoms with Crippen LogP contribution in [0.4, 0.5) is 17.1 Å². The minimum atomic E-state index is -1.09. The van der Waals surface area contributed by atoms with Crippen LogP contribution >= 0.6 is 0 Å². The smallest absolute Gasteiger partial charge is 0.354 e. The third kappa shape index (κ3) is 4.36. The molecule has 39 heavy (non-hydrogen) atoms. The van der Waals surface area contributed by atoms with E-state index in [9.17, 15) is 15.0 Å². The number of phenolic OH excluding ortho intramolecular Hbond substituents is 1. The number of anilines is 3. The molecule has 0 aliphatic rings. The van der Waals surface area contributed by atoms with Gasteiger partial charge in [0.05, 0.1) is 22.3 Å². The number of fused-ring (bicyclic) bond motifs is 1. The van der Waals surface area contributed by atoms with Crippen LogP contribution in [0.3, 0.4) is 0 Å². The second-order valence-electron chi connectivity index (χ2n) is 9.09. The summed E-state index contributed by atoms with van der Waals surface area (Å²) in [5.41, 5.74) is 6.09. The average Bonchev–Trinajstić information content (AvgIpc) is 3.31. The van der Waals surface area contributed by atoms with Crippen molar-refractivity contribution in [3.63, 3.8) is 0 Å². The number of pyridine rings is 1. The number of nitrogens with zero attached hydrogens (tertiary/aromatic N) is 4. The van der Waals surface area contributed by atoms with E-state index in [-0.39, 0.29) is 11.4 Å². The van der Waals surface area contributed by atoms with Gasteiger partial charge in [0.15, 0.2) is 0 Å². The van der Waals surface area contributed by atoms with Crippen LogP contribution in [-0.2, 0) is 7.05 Å². The summed E-state index contributed by atoms with van der Waals surface area (Å²) in [6, 6.07) is 36.2. The molecule has 0 aliphatic carbocycles. The molecule has 7 nitrogen and oxygen atoms in total. The summed E-state index contributed by atoms with van der Waals surface area (Å²) in [5.74, 6) is -0.410. The van der Waals surface area contributed by atoms with E-state index in [4.69, 9.17) is 4.98 Å².